The van der Waals surface area contributed by atoms with Gasteiger partial charge in [0.05, 0.1) is 5.69 Å². The van der Waals surface area contributed by atoms with Gasteiger partial charge in [-0.2, -0.15) is 0 Å². The van der Waals surface area contributed by atoms with Crippen LogP contribution in [0.1, 0.15) is 24.3 Å². The summed E-state index contributed by atoms with van der Waals surface area (Å²) in [5, 5.41) is 0. The van der Waals surface area contributed by atoms with Crippen molar-refractivity contribution >= 4 is 0 Å². The van der Waals surface area contributed by atoms with Crippen molar-refractivity contribution in [2.45, 2.75) is 26.8 Å². The molecule has 0 saturated heterocycles. The highest BCUT2D eigenvalue weighted by Gasteiger charge is 2.05. The van der Waals surface area contributed by atoms with Crippen molar-refractivity contribution in [3.05, 3.63) is 17.3 Å². The summed E-state index contributed by atoms with van der Waals surface area (Å²) in [7, 11) is 0. The molecule has 0 unspecified atom stereocenters. The molecule has 0 aliphatic rings. The highest BCUT2D eigenvalue weighted by Crippen LogP contribution is 2.09. The largest absolute Gasteiger partial charge is 0.446 e. The molecule has 0 bridgehead atoms. The fourth-order valence-electron chi connectivity index (χ4n) is 0.948. The van der Waals surface area contributed by atoms with Crippen LogP contribution in [0.4, 0.5) is 0 Å². The maximum absolute atomic E-state index is 5.42. The topological polar surface area (TPSA) is 52.0 Å². The highest BCUT2D eigenvalue weighted by atomic mass is 16.4. The van der Waals surface area contributed by atoms with Gasteiger partial charge in [0.2, 0.25) is 0 Å². The van der Waals surface area contributed by atoms with Crippen LogP contribution in [-0.4, -0.2) is 4.98 Å². The van der Waals surface area contributed by atoms with Crippen LogP contribution in [0, 0.1) is 6.92 Å². The minimum absolute atomic E-state index is 0.473. The normalized spacial score (nSPS) is 10.3. The van der Waals surface area contributed by atoms with Crippen molar-refractivity contribution < 1.29 is 4.42 Å². The lowest BCUT2D eigenvalue weighted by molar-refractivity contribution is 0.478. The number of aryl methyl sites for hydroxylation is 2. The summed E-state index contributed by atoms with van der Waals surface area (Å²) in [6.07, 6.45) is 0.868. The molecule has 1 heterocycles. The molecule has 0 aromatic carbocycles. The summed E-state index contributed by atoms with van der Waals surface area (Å²) >= 11 is 0. The molecular weight excluding hydrogens is 128 g/mol. The fraction of sp³-hybridized carbons (Fsp3) is 0.571. The van der Waals surface area contributed by atoms with Crippen LogP contribution < -0.4 is 5.73 Å². The maximum atomic E-state index is 5.42. The molecule has 3 heteroatoms. The molecule has 2 N–H and O–H groups in total. The molecule has 0 fully saturated rings. The van der Waals surface area contributed by atoms with E-state index in [4.69, 9.17) is 10.2 Å². The van der Waals surface area contributed by atoms with Gasteiger partial charge in [-0.25, -0.2) is 4.98 Å². The van der Waals surface area contributed by atoms with Crippen LogP contribution in [0.2, 0.25) is 0 Å². The first-order chi connectivity index (χ1) is 4.77. The molecule has 0 radical (unpaired) electrons. The number of oxazole rings is 1. The van der Waals surface area contributed by atoms with Crippen LogP contribution in [0.3, 0.4) is 0 Å². The molecule has 0 atom stereocenters. The van der Waals surface area contributed by atoms with Crippen molar-refractivity contribution in [3.63, 3.8) is 0 Å². The molecule has 0 aliphatic heterocycles. The number of nitrogens with two attached hydrogens (primary N) is 1. The number of rotatable bonds is 2. The zero-order chi connectivity index (χ0) is 7.56. The molecule has 0 amide bonds. The first kappa shape index (κ1) is 7.28. The van der Waals surface area contributed by atoms with E-state index in [0.29, 0.717) is 12.4 Å². The lowest BCUT2D eigenvalue weighted by atomic mass is 10.3. The molecule has 0 saturated carbocycles. The lowest BCUT2D eigenvalue weighted by Gasteiger charge is -1.89. The Balaban J connectivity index is 2.96. The molecule has 0 aliphatic carbocycles. The van der Waals surface area contributed by atoms with E-state index in [1.807, 2.05) is 13.8 Å². The SMILES string of the molecule is CCc1oc(C)nc1CN. The number of nitrogens with zero attached hydrogens (tertiary/aromatic N) is 1. The molecule has 1 rings (SSSR count). The third-order valence-corrected chi connectivity index (χ3v) is 1.40. The first-order valence-corrected chi connectivity index (χ1v) is 3.43. The minimum Gasteiger partial charge on any atom is -0.446 e. The Morgan fingerprint density at radius 1 is 1.60 bits per heavy atom. The van der Waals surface area contributed by atoms with Gasteiger partial charge in [0.25, 0.3) is 0 Å². The molecular formula is C7H12N2O. The van der Waals surface area contributed by atoms with E-state index in [-0.39, 0.29) is 0 Å². The second-order valence-electron chi connectivity index (χ2n) is 2.16. The quantitative estimate of drug-likeness (QED) is 0.666. The van der Waals surface area contributed by atoms with E-state index < -0.39 is 0 Å². The minimum atomic E-state index is 0.473. The van der Waals surface area contributed by atoms with Crippen molar-refractivity contribution in [3.8, 4) is 0 Å². The zero-order valence-corrected chi connectivity index (χ0v) is 6.35. The van der Waals surface area contributed by atoms with Gasteiger partial charge in [0.15, 0.2) is 5.89 Å². The van der Waals surface area contributed by atoms with Crippen molar-refractivity contribution in [2.24, 2.45) is 5.73 Å². The van der Waals surface area contributed by atoms with Gasteiger partial charge in [-0.15, -0.1) is 0 Å². The van der Waals surface area contributed by atoms with Gasteiger partial charge in [0, 0.05) is 19.9 Å². The van der Waals surface area contributed by atoms with Crippen LogP contribution in [0.5, 0.6) is 0 Å². The Morgan fingerprint density at radius 3 is 2.70 bits per heavy atom. The summed E-state index contributed by atoms with van der Waals surface area (Å²) in [6.45, 7) is 4.33. The van der Waals surface area contributed by atoms with Crippen LogP contribution in [-0.2, 0) is 13.0 Å². The summed E-state index contributed by atoms with van der Waals surface area (Å²) in [4.78, 5) is 4.11. The van der Waals surface area contributed by atoms with Crippen molar-refractivity contribution in [2.75, 3.05) is 0 Å². The summed E-state index contributed by atoms with van der Waals surface area (Å²) < 4.78 is 5.26. The average Bonchev–Trinajstić information content (AvgIpc) is 2.30. The summed E-state index contributed by atoms with van der Waals surface area (Å²) in [6, 6.07) is 0. The Labute approximate surface area is 60.2 Å². The third-order valence-electron chi connectivity index (χ3n) is 1.40. The van der Waals surface area contributed by atoms with Gasteiger partial charge in [-0.05, 0) is 0 Å². The first-order valence-electron chi connectivity index (χ1n) is 3.43. The van der Waals surface area contributed by atoms with E-state index >= 15 is 0 Å². The standard InChI is InChI=1S/C7H12N2O/c1-3-7-6(4-8)9-5(2)10-7/h3-4,8H2,1-2H3. The summed E-state index contributed by atoms with van der Waals surface area (Å²) in [5.41, 5.74) is 6.31. The Morgan fingerprint density at radius 2 is 2.30 bits per heavy atom. The predicted octanol–water partition coefficient (Wildman–Crippen LogP) is 1.00. The molecule has 10 heavy (non-hydrogen) atoms. The fourth-order valence-corrected chi connectivity index (χ4v) is 0.948. The van der Waals surface area contributed by atoms with E-state index in [1.54, 1.807) is 0 Å². The van der Waals surface area contributed by atoms with E-state index in [9.17, 15) is 0 Å². The van der Waals surface area contributed by atoms with Crippen LogP contribution in [0.25, 0.3) is 0 Å². The Bertz CT molecular complexity index is 196. The van der Waals surface area contributed by atoms with E-state index in [1.165, 1.54) is 0 Å². The second kappa shape index (κ2) is 2.84. The van der Waals surface area contributed by atoms with Crippen molar-refractivity contribution in [1.29, 1.82) is 0 Å². The Kier molecular flexibility index (Phi) is 2.06. The lowest BCUT2D eigenvalue weighted by Crippen LogP contribution is -1.99. The van der Waals surface area contributed by atoms with E-state index in [2.05, 4.69) is 4.98 Å². The molecule has 0 spiro atoms. The second-order valence-corrected chi connectivity index (χ2v) is 2.16. The third kappa shape index (κ3) is 1.19. The molecule has 1 aromatic heterocycles. The average molecular weight is 140 g/mol. The number of hydrogen-bond acceptors (Lipinski definition) is 3. The van der Waals surface area contributed by atoms with Crippen LogP contribution in [0.15, 0.2) is 4.42 Å². The monoisotopic (exact) mass is 140 g/mol. The van der Waals surface area contributed by atoms with E-state index in [0.717, 1.165) is 17.9 Å². The molecule has 3 nitrogen and oxygen atoms in total. The van der Waals surface area contributed by atoms with Gasteiger partial charge in [-0.1, -0.05) is 6.92 Å². The van der Waals surface area contributed by atoms with Gasteiger partial charge < -0.3 is 10.2 Å². The molecule has 56 valence electrons. The van der Waals surface area contributed by atoms with Crippen molar-refractivity contribution in [1.82, 2.24) is 4.98 Å². The highest BCUT2D eigenvalue weighted by molar-refractivity contribution is 5.08. The smallest absolute Gasteiger partial charge is 0.191 e. The Hall–Kier alpha value is -0.830. The van der Waals surface area contributed by atoms with Gasteiger partial charge in [0.1, 0.15) is 5.76 Å². The molecule has 1 aromatic rings. The maximum Gasteiger partial charge on any atom is 0.191 e. The van der Waals surface area contributed by atoms with Gasteiger partial charge in [-0.3, -0.25) is 0 Å². The number of hydrogen-bond donors (Lipinski definition) is 1. The van der Waals surface area contributed by atoms with Crippen LogP contribution >= 0.6 is 0 Å². The van der Waals surface area contributed by atoms with Gasteiger partial charge >= 0.3 is 0 Å². The summed E-state index contributed by atoms with van der Waals surface area (Å²) in [5.74, 6) is 1.62. The predicted molar refractivity (Wildman–Crippen MR) is 38.5 cm³/mol. The zero-order valence-electron chi connectivity index (χ0n) is 6.35. The number of aromatic nitrogens is 1.